The number of Topliss-reactive ketones (excluding diaryl/α,β-unsaturated/α-hetero) is 1. The van der Waals surface area contributed by atoms with Crippen molar-refractivity contribution < 1.29 is 4.79 Å². The molecule has 2 N–H and O–H groups in total. The molecule has 1 fully saturated rings. The molecule has 0 bridgehead atoms. The molecule has 108 valence electrons. The van der Waals surface area contributed by atoms with Crippen LogP contribution in [0.3, 0.4) is 0 Å². The van der Waals surface area contributed by atoms with E-state index in [9.17, 15) is 4.79 Å². The number of ketones is 1. The summed E-state index contributed by atoms with van der Waals surface area (Å²) in [6.07, 6.45) is 2.44. The summed E-state index contributed by atoms with van der Waals surface area (Å²) in [7, 11) is 0. The minimum absolute atomic E-state index is 0.257. The number of rotatable bonds is 4. The molecule has 0 atom stereocenters. The largest absolute Gasteiger partial charge is 0.399 e. The van der Waals surface area contributed by atoms with E-state index in [0.717, 1.165) is 29.7 Å². The van der Waals surface area contributed by atoms with Crippen molar-refractivity contribution >= 4 is 11.5 Å². The minimum atomic E-state index is -0.257. The van der Waals surface area contributed by atoms with E-state index >= 15 is 0 Å². The molecule has 1 aliphatic carbocycles. The maximum Gasteiger partial charge on any atom is 0.147 e. The van der Waals surface area contributed by atoms with Crippen molar-refractivity contribution in [1.29, 1.82) is 0 Å². The molecule has 2 nitrogen and oxygen atoms in total. The Hall–Kier alpha value is -2.09. The van der Waals surface area contributed by atoms with Gasteiger partial charge in [-0.1, -0.05) is 30.3 Å². The second-order valence-corrected chi connectivity index (χ2v) is 6.22. The first kappa shape index (κ1) is 13.9. The van der Waals surface area contributed by atoms with Crippen LogP contribution in [0.2, 0.25) is 0 Å². The van der Waals surface area contributed by atoms with Gasteiger partial charge in [-0.3, -0.25) is 4.79 Å². The number of hydrogen-bond acceptors (Lipinski definition) is 2. The van der Waals surface area contributed by atoms with Crippen molar-refractivity contribution in [2.24, 2.45) is 0 Å². The molecular formula is C19H21NO. The number of aryl methyl sites for hydroxylation is 2. The Morgan fingerprint density at radius 2 is 1.71 bits per heavy atom. The Morgan fingerprint density at radius 3 is 2.29 bits per heavy atom. The van der Waals surface area contributed by atoms with Crippen molar-refractivity contribution in [3.05, 3.63) is 64.7 Å². The van der Waals surface area contributed by atoms with Crippen molar-refractivity contribution in [1.82, 2.24) is 0 Å². The summed E-state index contributed by atoms with van der Waals surface area (Å²) in [5.41, 5.74) is 11.0. The van der Waals surface area contributed by atoms with Crippen LogP contribution >= 0.6 is 0 Å². The molecule has 2 aromatic carbocycles. The average Bonchev–Trinajstić information content (AvgIpc) is 3.25. The van der Waals surface area contributed by atoms with Gasteiger partial charge in [0, 0.05) is 12.1 Å². The van der Waals surface area contributed by atoms with Crippen LogP contribution in [0.4, 0.5) is 5.69 Å². The summed E-state index contributed by atoms with van der Waals surface area (Å²) in [6.45, 7) is 4.19. The first-order chi connectivity index (χ1) is 10.0. The molecule has 2 aromatic rings. The summed E-state index contributed by atoms with van der Waals surface area (Å²) in [5, 5.41) is 0. The van der Waals surface area contributed by atoms with Gasteiger partial charge in [-0.15, -0.1) is 0 Å². The van der Waals surface area contributed by atoms with E-state index in [-0.39, 0.29) is 5.41 Å². The molecule has 1 aliphatic rings. The Balaban J connectivity index is 1.81. The van der Waals surface area contributed by atoms with Crippen molar-refractivity contribution in [3.63, 3.8) is 0 Å². The lowest BCUT2D eigenvalue weighted by Crippen LogP contribution is -2.22. The van der Waals surface area contributed by atoms with Crippen LogP contribution in [0.15, 0.2) is 42.5 Å². The van der Waals surface area contributed by atoms with Crippen LogP contribution in [-0.2, 0) is 16.6 Å². The highest BCUT2D eigenvalue weighted by atomic mass is 16.1. The predicted molar refractivity (Wildman–Crippen MR) is 86.4 cm³/mol. The molecule has 0 aromatic heterocycles. The second kappa shape index (κ2) is 5.03. The number of nitrogens with two attached hydrogens (primary N) is 1. The molecule has 3 rings (SSSR count). The molecule has 0 amide bonds. The monoisotopic (exact) mass is 279 g/mol. The van der Waals surface area contributed by atoms with E-state index in [4.69, 9.17) is 5.73 Å². The van der Waals surface area contributed by atoms with Gasteiger partial charge in [0.15, 0.2) is 0 Å². The average molecular weight is 279 g/mol. The maximum atomic E-state index is 12.7. The Bertz CT molecular complexity index is 681. The van der Waals surface area contributed by atoms with Gasteiger partial charge >= 0.3 is 0 Å². The first-order valence-corrected chi connectivity index (χ1v) is 7.47. The second-order valence-electron chi connectivity index (χ2n) is 6.22. The van der Waals surface area contributed by atoms with Crippen LogP contribution < -0.4 is 5.73 Å². The minimum Gasteiger partial charge on any atom is -0.399 e. The summed E-state index contributed by atoms with van der Waals surface area (Å²) >= 11 is 0. The fourth-order valence-corrected chi connectivity index (χ4v) is 2.92. The highest BCUT2D eigenvalue weighted by Gasteiger charge is 2.50. The zero-order valence-electron chi connectivity index (χ0n) is 12.6. The highest BCUT2D eigenvalue weighted by Crippen LogP contribution is 2.49. The normalized spacial score (nSPS) is 15.7. The fraction of sp³-hybridized carbons (Fsp3) is 0.316. The summed E-state index contributed by atoms with van der Waals surface area (Å²) in [6, 6.07) is 14.1. The predicted octanol–water partition coefficient (Wildman–Crippen LogP) is 3.73. The van der Waals surface area contributed by atoms with Crippen LogP contribution in [0.1, 0.15) is 35.1 Å². The lowest BCUT2D eigenvalue weighted by molar-refractivity contribution is -0.120. The van der Waals surface area contributed by atoms with Crippen molar-refractivity contribution in [2.45, 2.75) is 38.5 Å². The molecule has 0 radical (unpaired) electrons. The lowest BCUT2D eigenvalue weighted by atomic mass is 9.87. The third kappa shape index (κ3) is 2.58. The van der Waals surface area contributed by atoms with E-state index in [1.54, 1.807) is 0 Å². The smallest absolute Gasteiger partial charge is 0.147 e. The molecule has 0 aliphatic heterocycles. The number of carbonyl (C=O) groups is 1. The Kier molecular flexibility index (Phi) is 3.32. The van der Waals surface area contributed by atoms with E-state index in [1.165, 1.54) is 11.1 Å². The molecular weight excluding hydrogens is 258 g/mol. The van der Waals surface area contributed by atoms with E-state index < -0.39 is 0 Å². The van der Waals surface area contributed by atoms with Gasteiger partial charge in [0.05, 0.1) is 5.41 Å². The SMILES string of the molecule is Cc1ccc(CC(=O)C2(c3ccc(N)cc3)CC2)cc1C. The van der Waals surface area contributed by atoms with Gasteiger partial charge in [-0.05, 0) is 61.1 Å². The van der Waals surface area contributed by atoms with E-state index in [0.29, 0.717) is 12.2 Å². The molecule has 21 heavy (non-hydrogen) atoms. The standard InChI is InChI=1S/C19H21NO/c1-13-3-4-15(11-14(13)2)12-18(21)19(9-10-19)16-5-7-17(20)8-6-16/h3-8,11H,9-10,12,20H2,1-2H3. The molecule has 0 unspecified atom stereocenters. The summed E-state index contributed by atoms with van der Waals surface area (Å²) in [4.78, 5) is 12.7. The van der Waals surface area contributed by atoms with Gasteiger partial charge in [0.2, 0.25) is 0 Å². The quantitative estimate of drug-likeness (QED) is 0.867. The molecule has 0 heterocycles. The fourth-order valence-electron chi connectivity index (χ4n) is 2.92. The first-order valence-electron chi connectivity index (χ1n) is 7.47. The number of benzene rings is 2. The van der Waals surface area contributed by atoms with Crippen molar-refractivity contribution in [3.8, 4) is 0 Å². The molecule has 0 saturated heterocycles. The van der Waals surface area contributed by atoms with Gasteiger partial charge in [0.1, 0.15) is 5.78 Å². The van der Waals surface area contributed by atoms with Crippen LogP contribution in [0.5, 0.6) is 0 Å². The number of carbonyl (C=O) groups excluding carboxylic acids is 1. The molecule has 1 saturated carbocycles. The lowest BCUT2D eigenvalue weighted by Gasteiger charge is -2.15. The maximum absolute atomic E-state index is 12.7. The van der Waals surface area contributed by atoms with Crippen LogP contribution in [0, 0.1) is 13.8 Å². The zero-order chi connectivity index (χ0) is 15.0. The van der Waals surface area contributed by atoms with Gasteiger partial charge in [0.25, 0.3) is 0 Å². The summed E-state index contributed by atoms with van der Waals surface area (Å²) in [5.74, 6) is 0.329. The van der Waals surface area contributed by atoms with Gasteiger partial charge < -0.3 is 5.73 Å². The number of anilines is 1. The molecule has 0 spiro atoms. The topological polar surface area (TPSA) is 43.1 Å². The third-order valence-corrected chi connectivity index (χ3v) is 4.68. The Labute approximate surface area is 126 Å². The third-order valence-electron chi connectivity index (χ3n) is 4.68. The molecule has 2 heteroatoms. The highest BCUT2D eigenvalue weighted by molar-refractivity contribution is 5.94. The van der Waals surface area contributed by atoms with E-state index in [1.807, 2.05) is 24.3 Å². The number of hydrogen-bond donors (Lipinski definition) is 1. The van der Waals surface area contributed by atoms with Gasteiger partial charge in [-0.2, -0.15) is 0 Å². The summed E-state index contributed by atoms with van der Waals surface area (Å²) < 4.78 is 0. The van der Waals surface area contributed by atoms with Crippen molar-refractivity contribution in [2.75, 3.05) is 5.73 Å². The number of nitrogen functional groups attached to an aromatic ring is 1. The van der Waals surface area contributed by atoms with Crippen LogP contribution in [-0.4, -0.2) is 5.78 Å². The van der Waals surface area contributed by atoms with Crippen LogP contribution in [0.25, 0.3) is 0 Å². The Morgan fingerprint density at radius 1 is 1.05 bits per heavy atom. The van der Waals surface area contributed by atoms with E-state index in [2.05, 4.69) is 32.0 Å². The zero-order valence-corrected chi connectivity index (χ0v) is 12.6. The van der Waals surface area contributed by atoms with Gasteiger partial charge in [-0.25, -0.2) is 0 Å².